The van der Waals surface area contributed by atoms with Crippen molar-refractivity contribution in [2.45, 2.75) is 39.9 Å². The molecule has 0 bridgehead atoms. The Hall–Kier alpha value is -0.785. The van der Waals surface area contributed by atoms with Crippen LogP contribution in [0.25, 0.3) is 0 Å². The average molecular weight is 177 g/mol. The summed E-state index contributed by atoms with van der Waals surface area (Å²) in [6.45, 7) is 10.7. The van der Waals surface area contributed by atoms with Crippen molar-refractivity contribution in [2.75, 3.05) is 0 Å². The minimum absolute atomic E-state index is 0.305. The van der Waals surface area contributed by atoms with Crippen molar-refractivity contribution < 1.29 is 0 Å². The number of rotatable bonds is 3. The molecule has 0 saturated heterocycles. The average Bonchev–Trinajstić information content (AvgIpc) is 1.98. The third-order valence-electron chi connectivity index (χ3n) is 1.46. The van der Waals surface area contributed by atoms with E-state index < -0.39 is 0 Å². The number of aliphatic imine (C=N–C) groups is 1. The van der Waals surface area contributed by atoms with E-state index in [1.165, 1.54) is 0 Å². The maximum Gasteiger partial charge on any atom is 0.187 e. The van der Waals surface area contributed by atoms with E-state index in [1.54, 1.807) is 0 Å². The zero-order valence-electron chi connectivity index (χ0n) is 9.46. The quantitative estimate of drug-likeness (QED) is 0.463. The Kier molecular flexibility index (Phi) is 5.44. The van der Waals surface area contributed by atoms with Crippen LogP contribution in [0.3, 0.4) is 0 Å². The minimum atomic E-state index is 0.305. The Bertz CT molecular complexity index is 219. The van der Waals surface area contributed by atoms with Crippen LogP contribution in [0.1, 0.15) is 34.6 Å². The van der Waals surface area contributed by atoms with Crippen LogP contribution in [0.4, 0.5) is 0 Å². The molecule has 0 spiro atoms. The summed E-state index contributed by atoms with van der Waals surface area (Å²) in [6, 6.07) is 0. The highest BCUT2D eigenvalue weighted by Crippen LogP contribution is 2.20. The van der Waals surface area contributed by atoms with Gasteiger partial charge in [-0.3, -0.25) is 4.99 Å². The molecule has 0 amide bonds. The van der Waals surface area contributed by atoms with Gasteiger partial charge in [-0.1, -0.05) is 44.3 Å². The molecule has 0 atom stereocenters. The van der Waals surface area contributed by atoms with E-state index in [-0.39, 0.29) is 0 Å². The molecule has 72 valence electrons. The van der Waals surface area contributed by atoms with E-state index in [1.807, 2.05) is 32.2 Å². The summed E-state index contributed by atoms with van der Waals surface area (Å²) in [4.78, 5) is 4.37. The Morgan fingerprint density at radius 1 is 1.15 bits per heavy atom. The smallest absolute Gasteiger partial charge is 0.187 e. The second-order valence-electron chi connectivity index (χ2n) is 4.34. The van der Waals surface area contributed by atoms with Crippen molar-refractivity contribution in [3.05, 3.63) is 24.4 Å². The largest absolute Gasteiger partial charge is 0.272 e. The third kappa shape index (κ3) is 7.57. The van der Waals surface area contributed by atoms with E-state index in [9.17, 15) is 0 Å². The second kappa shape index (κ2) is 5.79. The molecular weight excluding hydrogens is 157 g/mol. The predicted molar refractivity (Wildman–Crippen MR) is 63.9 cm³/mol. The minimum Gasteiger partial charge on any atom is -0.272 e. The van der Waals surface area contributed by atoms with Crippen molar-refractivity contribution in [3.8, 4) is 0 Å². The summed E-state index contributed by atoms with van der Waals surface area (Å²) in [5, 5.41) is 0.305. The van der Waals surface area contributed by atoms with Gasteiger partial charge in [-0.25, -0.2) is 0 Å². The highest BCUT2D eigenvalue weighted by Gasteiger charge is 2.14. The van der Waals surface area contributed by atoms with Crippen molar-refractivity contribution in [1.82, 2.24) is 0 Å². The first-order chi connectivity index (χ1) is 5.99. The standard InChI is InChI=1S/C11H20BN/c1-6-8-10(13-9-7-2)12-11(3,4)5/h6-9,12H,1-5H3/b8-6-,9-7-,13-10+. The summed E-state index contributed by atoms with van der Waals surface area (Å²) < 4.78 is 0. The number of nitrogens with zero attached hydrogens (tertiary/aromatic N) is 1. The lowest BCUT2D eigenvalue weighted by molar-refractivity contribution is 0.761. The van der Waals surface area contributed by atoms with Gasteiger partial charge < -0.3 is 0 Å². The molecule has 0 heterocycles. The molecule has 1 nitrogen and oxygen atoms in total. The molecule has 13 heavy (non-hydrogen) atoms. The molecule has 0 unspecified atom stereocenters. The highest BCUT2D eigenvalue weighted by atomic mass is 14.7. The maximum absolute atomic E-state index is 4.37. The van der Waals surface area contributed by atoms with Crippen LogP contribution in [0.5, 0.6) is 0 Å². The van der Waals surface area contributed by atoms with Crippen LogP contribution in [-0.2, 0) is 0 Å². The van der Waals surface area contributed by atoms with Gasteiger partial charge in [-0.05, 0) is 19.5 Å². The fraction of sp³-hybridized carbons (Fsp3) is 0.545. The van der Waals surface area contributed by atoms with Crippen LogP contribution < -0.4 is 0 Å². The van der Waals surface area contributed by atoms with Gasteiger partial charge in [0, 0.05) is 6.20 Å². The van der Waals surface area contributed by atoms with E-state index in [0.29, 0.717) is 5.31 Å². The Balaban J connectivity index is 4.44. The summed E-state index contributed by atoms with van der Waals surface area (Å²) in [5.41, 5.74) is 1.15. The molecular formula is C11H20BN. The molecule has 2 heteroatoms. The van der Waals surface area contributed by atoms with E-state index >= 15 is 0 Å². The van der Waals surface area contributed by atoms with E-state index in [0.717, 1.165) is 12.9 Å². The predicted octanol–water partition coefficient (Wildman–Crippen LogP) is 3.15. The lowest BCUT2D eigenvalue weighted by atomic mass is 9.52. The molecule has 0 aromatic carbocycles. The van der Waals surface area contributed by atoms with Gasteiger partial charge in [-0.2, -0.15) is 0 Å². The molecule has 0 aromatic rings. The molecule has 0 aromatic heterocycles. The number of hydrogen-bond acceptors (Lipinski definition) is 1. The van der Waals surface area contributed by atoms with Gasteiger partial charge in [0.25, 0.3) is 0 Å². The SMILES string of the molecule is C\C=C/N=C(BC(C)(C)C)\C=C/C. The topological polar surface area (TPSA) is 12.4 Å². The molecule has 0 N–H and O–H groups in total. The van der Waals surface area contributed by atoms with Crippen molar-refractivity contribution in [2.24, 2.45) is 4.99 Å². The van der Waals surface area contributed by atoms with Crippen molar-refractivity contribution in [1.29, 1.82) is 0 Å². The van der Waals surface area contributed by atoms with Crippen LogP contribution in [-0.4, -0.2) is 12.9 Å². The zero-order chi connectivity index (χ0) is 10.3. The lowest BCUT2D eigenvalue weighted by Gasteiger charge is -2.15. The Morgan fingerprint density at radius 3 is 2.15 bits per heavy atom. The van der Waals surface area contributed by atoms with E-state index in [4.69, 9.17) is 0 Å². The zero-order valence-corrected chi connectivity index (χ0v) is 9.46. The summed E-state index contributed by atoms with van der Waals surface area (Å²) in [7, 11) is 1.02. The summed E-state index contributed by atoms with van der Waals surface area (Å²) in [5.74, 6) is 0. The number of allylic oxidation sites excluding steroid dienone is 3. The number of hydrogen-bond donors (Lipinski definition) is 0. The van der Waals surface area contributed by atoms with Crippen molar-refractivity contribution >= 4 is 12.9 Å². The van der Waals surface area contributed by atoms with Gasteiger partial charge in [-0.15, -0.1) is 0 Å². The highest BCUT2D eigenvalue weighted by molar-refractivity contribution is 6.80. The molecule has 0 saturated carbocycles. The summed E-state index contributed by atoms with van der Waals surface area (Å²) in [6.07, 6.45) is 7.91. The van der Waals surface area contributed by atoms with E-state index in [2.05, 4.69) is 31.8 Å². The molecule has 0 rings (SSSR count). The van der Waals surface area contributed by atoms with Gasteiger partial charge in [0.15, 0.2) is 7.28 Å². The third-order valence-corrected chi connectivity index (χ3v) is 1.46. The molecule has 0 aliphatic heterocycles. The molecule has 0 aliphatic rings. The van der Waals surface area contributed by atoms with Gasteiger partial charge in [0.05, 0.1) is 0 Å². The van der Waals surface area contributed by atoms with Crippen LogP contribution in [0, 0.1) is 0 Å². The fourth-order valence-corrected chi connectivity index (χ4v) is 1.05. The normalized spacial score (nSPS) is 14.4. The van der Waals surface area contributed by atoms with Gasteiger partial charge in [0.2, 0.25) is 0 Å². The first-order valence-electron chi connectivity index (χ1n) is 4.80. The fourth-order valence-electron chi connectivity index (χ4n) is 1.05. The molecule has 0 radical (unpaired) electrons. The van der Waals surface area contributed by atoms with Gasteiger partial charge >= 0.3 is 0 Å². The van der Waals surface area contributed by atoms with Crippen molar-refractivity contribution in [3.63, 3.8) is 0 Å². The molecule has 0 fully saturated rings. The van der Waals surface area contributed by atoms with Crippen LogP contribution >= 0.6 is 0 Å². The lowest BCUT2D eigenvalue weighted by Crippen LogP contribution is -2.17. The first-order valence-corrected chi connectivity index (χ1v) is 4.80. The monoisotopic (exact) mass is 177 g/mol. The Morgan fingerprint density at radius 2 is 1.77 bits per heavy atom. The Labute approximate surface area is 82.9 Å². The van der Waals surface area contributed by atoms with Gasteiger partial charge in [0.1, 0.15) is 0 Å². The molecule has 0 aliphatic carbocycles. The van der Waals surface area contributed by atoms with Crippen LogP contribution in [0.2, 0.25) is 5.31 Å². The summed E-state index contributed by atoms with van der Waals surface area (Å²) >= 11 is 0. The second-order valence-corrected chi connectivity index (χ2v) is 4.34. The van der Waals surface area contributed by atoms with Crippen LogP contribution in [0.15, 0.2) is 29.4 Å². The first kappa shape index (κ1) is 12.2. The maximum atomic E-state index is 4.37.